The van der Waals surface area contributed by atoms with Gasteiger partial charge in [-0.25, -0.2) is 9.68 Å². The third-order valence-electron chi connectivity index (χ3n) is 1.08. The largest absolute Gasteiger partial charge is 0.510 e. The Morgan fingerprint density at radius 3 is 2.00 bits per heavy atom. The van der Waals surface area contributed by atoms with Gasteiger partial charge in [0.25, 0.3) is 0 Å². The first-order valence-electron chi connectivity index (χ1n) is 4.89. The maximum absolute atomic E-state index is 11.0. The number of carbonyl (C=O) groups is 1. The van der Waals surface area contributed by atoms with Crippen molar-refractivity contribution in [3.63, 3.8) is 0 Å². The Labute approximate surface area is 90.6 Å². The summed E-state index contributed by atoms with van der Waals surface area (Å²) in [6.45, 7) is 10.6. The predicted molar refractivity (Wildman–Crippen MR) is 54.1 cm³/mol. The summed E-state index contributed by atoms with van der Waals surface area (Å²) in [6, 6.07) is 0. The minimum atomic E-state index is -1.17. The molecule has 0 atom stereocenters. The van der Waals surface area contributed by atoms with Gasteiger partial charge in [0.1, 0.15) is 0 Å². The number of carbonyl (C=O) groups excluding carboxylic acids is 1. The number of ether oxygens (including phenoxy) is 2. The van der Waals surface area contributed by atoms with E-state index < -0.39 is 17.5 Å². The van der Waals surface area contributed by atoms with Crippen molar-refractivity contribution in [2.45, 2.75) is 52.9 Å². The normalized spacial score (nSPS) is 12.4. The molecule has 0 aliphatic heterocycles. The summed E-state index contributed by atoms with van der Waals surface area (Å²) in [4.78, 5) is 21.0. The van der Waals surface area contributed by atoms with Crippen molar-refractivity contribution in [3.8, 4) is 0 Å². The van der Waals surface area contributed by atoms with Crippen molar-refractivity contribution in [2.75, 3.05) is 6.61 Å². The molecular formula is C10H20O5. The van der Waals surface area contributed by atoms with Gasteiger partial charge in [-0.3, -0.25) is 0 Å². The Morgan fingerprint density at radius 2 is 1.60 bits per heavy atom. The topological polar surface area (TPSA) is 54.0 Å². The van der Waals surface area contributed by atoms with Crippen molar-refractivity contribution in [1.29, 1.82) is 0 Å². The fourth-order valence-corrected chi connectivity index (χ4v) is 0.590. The molecule has 0 radical (unpaired) electrons. The summed E-state index contributed by atoms with van der Waals surface area (Å²) in [5.74, 6) is -1.17. The summed E-state index contributed by atoms with van der Waals surface area (Å²) in [7, 11) is 0. The Kier molecular flexibility index (Phi) is 5.03. The third-order valence-corrected chi connectivity index (χ3v) is 1.08. The molecule has 0 aliphatic carbocycles. The van der Waals surface area contributed by atoms with Crippen LogP contribution in [-0.4, -0.2) is 24.2 Å². The lowest BCUT2D eigenvalue weighted by atomic mass is 10.2. The summed E-state index contributed by atoms with van der Waals surface area (Å²) in [5, 5.41) is 0. The molecular weight excluding hydrogens is 200 g/mol. The first-order valence-corrected chi connectivity index (χ1v) is 4.89. The van der Waals surface area contributed by atoms with E-state index in [1.807, 2.05) is 20.8 Å². The van der Waals surface area contributed by atoms with Gasteiger partial charge in [-0.2, -0.15) is 4.89 Å². The first-order chi connectivity index (χ1) is 6.66. The molecule has 0 aromatic carbocycles. The van der Waals surface area contributed by atoms with E-state index in [-0.39, 0.29) is 6.61 Å². The van der Waals surface area contributed by atoms with Crippen LogP contribution in [0.1, 0.15) is 41.5 Å². The quantitative estimate of drug-likeness (QED) is 0.315. The average Bonchev–Trinajstić information content (AvgIpc) is 1.99. The van der Waals surface area contributed by atoms with Crippen LogP contribution in [0.4, 0.5) is 4.79 Å². The first kappa shape index (κ1) is 14.2. The lowest BCUT2D eigenvalue weighted by molar-refractivity contribution is -0.440. The second-order valence-electron chi connectivity index (χ2n) is 4.46. The Balaban J connectivity index is 4.02. The van der Waals surface area contributed by atoms with Crippen LogP contribution in [0.3, 0.4) is 0 Å². The summed E-state index contributed by atoms with van der Waals surface area (Å²) < 4.78 is 9.48. The molecule has 0 heterocycles. The molecule has 15 heavy (non-hydrogen) atoms. The Hall–Kier alpha value is -0.810. The van der Waals surface area contributed by atoms with Crippen LogP contribution in [0.2, 0.25) is 0 Å². The molecule has 5 nitrogen and oxygen atoms in total. The zero-order chi connectivity index (χ0) is 12.1. The molecule has 0 aliphatic rings. The van der Waals surface area contributed by atoms with Crippen molar-refractivity contribution >= 4 is 6.16 Å². The Bertz CT molecular complexity index is 204. The maximum Gasteiger partial charge on any atom is 0.510 e. The smallest absolute Gasteiger partial charge is 0.435 e. The molecule has 0 aromatic heterocycles. The van der Waals surface area contributed by atoms with Crippen molar-refractivity contribution in [3.05, 3.63) is 0 Å². The van der Waals surface area contributed by atoms with E-state index in [0.29, 0.717) is 0 Å². The molecule has 0 aromatic rings. The van der Waals surface area contributed by atoms with Gasteiger partial charge >= 0.3 is 6.16 Å². The van der Waals surface area contributed by atoms with E-state index in [0.717, 1.165) is 0 Å². The van der Waals surface area contributed by atoms with Gasteiger partial charge in [-0.1, -0.05) is 0 Å². The van der Waals surface area contributed by atoms with E-state index in [9.17, 15) is 4.79 Å². The monoisotopic (exact) mass is 220 g/mol. The second kappa shape index (κ2) is 5.32. The van der Waals surface area contributed by atoms with Gasteiger partial charge in [0, 0.05) is 13.8 Å². The van der Waals surface area contributed by atoms with Gasteiger partial charge in [0.05, 0.1) is 12.2 Å². The highest BCUT2D eigenvalue weighted by molar-refractivity contribution is 5.60. The average molecular weight is 220 g/mol. The zero-order valence-electron chi connectivity index (χ0n) is 10.2. The van der Waals surface area contributed by atoms with E-state index in [1.54, 1.807) is 20.8 Å². The molecule has 0 spiro atoms. The van der Waals surface area contributed by atoms with Crippen LogP contribution < -0.4 is 0 Å². The molecule has 5 heteroatoms. The fourth-order valence-electron chi connectivity index (χ4n) is 0.590. The second-order valence-corrected chi connectivity index (χ2v) is 4.46. The van der Waals surface area contributed by atoms with E-state index in [4.69, 9.17) is 14.5 Å². The summed E-state index contributed by atoms with van der Waals surface area (Å²) >= 11 is 0. The predicted octanol–water partition coefficient (Wildman–Crippen LogP) is 2.64. The number of hydrogen-bond donors (Lipinski definition) is 0. The third kappa shape index (κ3) is 8.20. The van der Waals surface area contributed by atoms with Gasteiger partial charge in [-0.15, -0.1) is 0 Å². The van der Waals surface area contributed by atoms with Gasteiger partial charge in [0.2, 0.25) is 5.79 Å². The van der Waals surface area contributed by atoms with Crippen molar-refractivity contribution in [2.24, 2.45) is 0 Å². The molecule has 0 saturated carbocycles. The highest BCUT2D eigenvalue weighted by atomic mass is 17.2. The SMILES string of the molecule is CCOC(=O)OC(C)(C)OOC(C)(C)C. The standard InChI is InChI=1S/C10H20O5/c1-7-12-8(11)13-10(5,6)15-14-9(2,3)4/h7H2,1-6H3. The molecule has 90 valence electrons. The van der Waals surface area contributed by atoms with Crippen LogP contribution in [0.25, 0.3) is 0 Å². The highest BCUT2D eigenvalue weighted by Crippen LogP contribution is 2.17. The van der Waals surface area contributed by atoms with Crippen LogP contribution in [-0.2, 0) is 19.2 Å². The lowest BCUT2D eigenvalue weighted by Crippen LogP contribution is -2.35. The number of hydrogen-bond acceptors (Lipinski definition) is 5. The van der Waals surface area contributed by atoms with Crippen LogP contribution in [0, 0.1) is 0 Å². The lowest BCUT2D eigenvalue weighted by Gasteiger charge is -2.27. The van der Waals surface area contributed by atoms with Crippen LogP contribution in [0.15, 0.2) is 0 Å². The van der Waals surface area contributed by atoms with E-state index >= 15 is 0 Å². The Morgan fingerprint density at radius 1 is 1.07 bits per heavy atom. The van der Waals surface area contributed by atoms with Crippen molar-refractivity contribution in [1.82, 2.24) is 0 Å². The van der Waals surface area contributed by atoms with Gasteiger partial charge in [0.15, 0.2) is 0 Å². The van der Waals surface area contributed by atoms with Gasteiger partial charge < -0.3 is 9.47 Å². The van der Waals surface area contributed by atoms with E-state index in [2.05, 4.69) is 4.74 Å². The molecule has 0 unspecified atom stereocenters. The number of rotatable bonds is 4. The summed E-state index contributed by atoms with van der Waals surface area (Å²) in [6.07, 6.45) is -0.778. The zero-order valence-corrected chi connectivity index (χ0v) is 10.2. The minimum absolute atomic E-state index is 0.259. The molecule has 0 amide bonds. The molecule has 0 rings (SSSR count). The van der Waals surface area contributed by atoms with Crippen LogP contribution in [0.5, 0.6) is 0 Å². The van der Waals surface area contributed by atoms with Gasteiger partial charge in [-0.05, 0) is 27.7 Å². The molecule has 0 bridgehead atoms. The fraction of sp³-hybridized carbons (Fsp3) is 0.900. The van der Waals surface area contributed by atoms with E-state index in [1.165, 1.54) is 0 Å². The molecule has 0 fully saturated rings. The van der Waals surface area contributed by atoms with Crippen LogP contribution >= 0.6 is 0 Å². The molecule has 0 N–H and O–H groups in total. The minimum Gasteiger partial charge on any atom is -0.435 e. The van der Waals surface area contributed by atoms with Crippen molar-refractivity contribution < 1.29 is 24.0 Å². The molecule has 0 saturated heterocycles. The highest BCUT2D eigenvalue weighted by Gasteiger charge is 2.28. The maximum atomic E-state index is 11.0. The summed E-state index contributed by atoms with van der Waals surface area (Å²) in [5.41, 5.74) is -0.463.